The van der Waals surface area contributed by atoms with Crippen LogP contribution in [0.15, 0.2) is 24.3 Å². The molecule has 0 spiro atoms. The number of unbranched alkanes of at least 4 members (excludes halogenated alkanes) is 1. The number of hydrogen-bond donors (Lipinski definition) is 1. The Morgan fingerprint density at radius 1 is 1.18 bits per heavy atom. The summed E-state index contributed by atoms with van der Waals surface area (Å²) in [5.41, 5.74) is 1.07. The third-order valence-electron chi connectivity index (χ3n) is 2.74. The molecule has 0 radical (unpaired) electrons. The quantitative estimate of drug-likeness (QED) is 0.734. The topological polar surface area (TPSA) is 15.3 Å². The zero-order chi connectivity index (χ0) is 12.7. The molecule has 1 aromatic carbocycles. The van der Waals surface area contributed by atoms with Crippen molar-refractivity contribution < 1.29 is 4.39 Å². The van der Waals surface area contributed by atoms with Crippen molar-refractivity contribution in [3.05, 3.63) is 30.1 Å². The van der Waals surface area contributed by atoms with Crippen LogP contribution in [0.3, 0.4) is 0 Å². The van der Waals surface area contributed by atoms with Gasteiger partial charge in [-0.15, -0.1) is 0 Å². The zero-order valence-electron chi connectivity index (χ0n) is 11.0. The van der Waals surface area contributed by atoms with Crippen LogP contribution in [0.25, 0.3) is 0 Å². The molecule has 0 saturated heterocycles. The Morgan fingerprint density at radius 3 is 2.41 bits per heavy atom. The maximum absolute atomic E-state index is 12.8. The van der Waals surface area contributed by atoms with Gasteiger partial charge in [0.1, 0.15) is 5.82 Å². The highest BCUT2D eigenvalue weighted by molar-refractivity contribution is 5.45. The SMILES string of the molecule is CC(C)NCCCCN(C)c1ccc(F)cc1. The summed E-state index contributed by atoms with van der Waals surface area (Å²) >= 11 is 0. The minimum Gasteiger partial charge on any atom is -0.375 e. The third kappa shape index (κ3) is 5.68. The van der Waals surface area contributed by atoms with Gasteiger partial charge in [0.05, 0.1) is 0 Å². The fourth-order valence-electron chi connectivity index (χ4n) is 1.69. The minimum atomic E-state index is -0.178. The molecule has 0 amide bonds. The van der Waals surface area contributed by atoms with E-state index in [1.54, 1.807) is 0 Å². The zero-order valence-corrected chi connectivity index (χ0v) is 11.0. The van der Waals surface area contributed by atoms with Crippen molar-refractivity contribution in [2.75, 3.05) is 25.0 Å². The van der Waals surface area contributed by atoms with Crippen LogP contribution in [0.4, 0.5) is 10.1 Å². The Morgan fingerprint density at radius 2 is 1.82 bits per heavy atom. The highest BCUT2D eigenvalue weighted by Crippen LogP contribution is 2.13. The fraction of sp³-hybridized carbons (Fsp3) is 0.571. The smallest absolute Gasteiger partial charge is 0.123 e. The van der Waals surface area contributed by atoms with Gasteiger partial charge in [0, 0.05) is 25.3 Å². The monoisotopic (exact) mass is 238 g/mol. The summed E-state index contributed by atoms with van der Waals surface area (Å²) in [6.07, 6.45) is 2.32. The van der Waals surface area contributed by atoms with Gasteiger partial charge in [-0.05, 0) is 43.7 Å². The predicted octanol–water partition coefficient (Wildman–Crippen LogP) is 3.04. The lowest BCUT2D eigenvalue weighted by molar-refractivity contribution is 0.557. The Kier molecular flexibility index (Phi) is 5.98. The van der Waals surface area contributed by atoms with Crippen molar-refractivity contribution in [2.24, 2.45) is 0 Å². The Labute approximate surface area is 104 Å². The summed E-state index contributed by atoms with van der Waals surface area (Å²) in [5, 5.41) is 3.40. The van der Waals surface area contributed by atoms with E-state index in [-0.39, 0.29) is 5.82 Å². The van der Waals surface area contributed by atoms with E-state index >= 15 is 0 Å². The molecule has 96 valence electrons. The highest BCUT2D eigenvalue weighted by atomic mass is 19.1. The van der Waals surface area contributed by atoms with Crippen LogP contribution >= 0.6 is 0 Å². The molecule has 1 N–H and O–H groups in total. The van der Waals surface area contributed by atoms with E-state index in [2.05, 4.69) is 24.1 Å². The standard InChI is InChI=1S/C14H23FN2/c1-12(2)16-10-4-5-11-17(3)14-8-6-13(15)7-9-14/h6-9,12,16H,4-5,10-11H2,1-3H3. The molecule has 0 aliphatic rings. The second-order valence-corrected chi connectivity index (χ2v) is 4.71. The molecule has 0 saturated carbocycles. The van der Waals surface area contributed by atoms with E-state index in [4.69, 9.17) is 0 Å². The maximum Gasteiger partial charge on any atom is 0.123 e. The van der Waals surface area contributed by atoms with Gasteiger partial charge in [-0.3, -0.25) is 0 Å². The van der Waals surface area contributed by atoms with Gasteiger partial charge in [-0.25, -0.2) is 4.39 Å². The molecule has 1 aromatic rings. The molecule has 3 heteroatoms. The van der Waals surface area contributed by atoms with Crippen molar-refractivity contribution >= 4 is 5.69 Å². The molecule has 17 heavy (non-hydrogen) atoms. The molecular formula is C14H23FN2. The molecular weight excluding hydrogens is 215 g/mol. The Hall–Kier alpha value is -1.09. The molecule has 0 heterocycles. The lowest BCUT2D eigenvalue weighted by atomic mass is 10.2. The van der Waals surface area contributed by atoms with Crippen LogP contribution in [-0.4, -0.2) is 26.2 Å². The normalized spacial score (nSPS) is 10.9. The molecule has 1 rings (SSSR count). The average molecular weight is 238 g/mol. The number of benzene rings is 1. The van der Waals surface area contributed by atoms with Crippen LogP contribution in [0.2, 0.25) is 0 Å². The van der Waals surface area contributed by atoms with Gasteiger partial charge in [0.25, 0.3) is 0 Å². The molecule has 2 nitrogen and oxygen atoms in total. The number of nitrogens with zero attached hydrogens (tertiary/aromatic N) is 1. The maximum atomic E-state index is 12.8. The van der Waals surface area contributed by atoms with E-state index in [1.807, 2.05) is 19.2 Å². The Balaban J connectivity index is 2.21. The predicted molar refractivity (Wildman–Crippen MR) is 72.0 cm³/mol. The van der Waals surface area contributed by atoms with E-state index in [1.165, 1.54) is 18.6 Å². The molecule has 0 aliphatic carbocycles. The van der Waals surface area contributed by atoms with Crippen LogP contribution < -0.4 is 10.2 Å². The largest absolute Gasteiger partial charge is 0.375 e. The second kappa shape index (κ2) is 7.28. The van der Waals surface area contributed by atoms with E-state index < -0.39 is 0 Å². The number of nitrogens with one attached hydrogen (secondary N) is 1. The highest BCUT2D eigenvalue weighted by Gasteiger charge is 2.00. The first kappa shape index (κ1) is 14.0. The lowest BCUT2D eigenvalue weighted by Crippen LogP contribution is -2.25. The van der Waals surface area contributed by atoms with E-state index in [9.17, 15) is 4.39 Å². The summed E-state index contributed by atoms with van der Waals surface area (Å²) in [4.78, 5) is 2.16. The van der Waals surface area contributed by atoms with Crippen LogP contribution in [-0.2, 0) is 0 Å². The molecule has 0 fully saturated rings. The first-order valence-electron chi connectivity index (χ1n) is 6.29. The van der Waals surface area contributed by atoms with Crippen molar-refractivity contribution in [1.29, 1.82) is 0 Å². The van der Waals surface area contributed by atoms with E-state index in [0.29, 0.717) is 6.04 Å². The van der Waals surface area contributed by atoms with Gasteiger partial charge < -0.3 is 10.2 Å². The summed E-state index contributed by atoms with van der Waals surface area (Å²) in [5.74, 6) is -0.178. The van der Waals surface area contributed by atoms with Crippen LogP contribution in [0.1, 0.15) is 26.7 Å². The third-order valence-corrected chi connectivity index (χ3v) is 2.74. The van der Waals surface area contributed by atoms with Crippen molar-refractivity contribution in [3.63, 3.8) is 0 Å². The molecule has 0 bridgehead atoms. The van der Waals surface area contributed by atoms with Gasteiger partial charge in [0.15, 0.2) is 0 Å². The summed E-state index contributed by atoms with van der Waals surface area (Å²) in [6, 6.07) is 7.21. The van der Waals surface area contributed by atoms with Gasteiger partial charge in [-0.2, -0.15) is 0 Å². The summed E-state index contributed by atoms with van der Waals surface area (Å²) in [7, 11) is 2.04. The van der Waals surface area contributed by atoms with E-state index in [0.717, 1.165) is 25.2 Å². The van der Waals surface area contributed by atoms with Crippen molar-refractivity contribution in [3.8, 4) is 0 Å². The van der Waals surface area contributed by atoms with Crippen LogP contribution in [0.5, 0.6) is 0 Å². The van der Waals surface area contributed by atoms with Gasteiger partial charge in [-0.1, -0.05) is 13.8 Å². The molecule has 0 aliphatic heterocycles. The van der Waals surface area contributed by atoms with Crippen LogP contribution in [0, 0.1) is 5.82 Å². The minimum absolute atomic E-state index is 0.178. The number of rotatable bonds is 7. The fourth-order valence-corrected chi connectivity index (χ4v) is 1.69. The number of anilines is 1. The molecule has 0 aromatic heterocycles. The van der Waals surface area contributed by atoms with Crippen molar-refractivity contribution in [1.82, 2.24) is 5.32 Å². The first-order valence-corrected chi connectivity index (χ1v) is 6.29. The first-order chi connectivity index (χ1) is 8.09. The summed E-state index contributed by atoms with van der Waals surface area (Å²) in [6.45, 7) is 6.38. The van der Waals surface area contributed by atoms with Gasteiger partial charge >= 0.3 is 0 Å². The molecule has 0 atom stereocenters. The Bertz CT molecular complexity index is 309. The average Bonchev–Trinajstić information content (AvgIpc) is 2.29. The molecule has 0 unspecified atom stereocenters. The lowest BCUT2D eigenvalue weighted by Gasteiger charge is -2.19. The summed E-state index contributed by atoms with van der Waals surface area (Å²) < 4.78 is 12.8. The van der Waals surface area contributed by atoms with Crippen molar-refractivity contribution in [2.45, 2.75) is 32.7 Å². The van der Waals surface area contributed by atoms with Gasteiger partial charge in [0.2, 0.25) is 0 Å². The number of hydrogen-bond acceptors (Lipinski definition) is 2. The number of halogens is 1. The second-order valence-electron chi connectivity index (χ2n) is 4.71.